The summed E-state index contributed by atoms with van der Waals surface area (Å²) in [6.45, 7) is 2.76. The van der Waals surface area contributed by atoms with Crippen LogP contribution in [0.15, 0.2) is 30.3 Å². The molecule has 7 heteroatoms. The van der Waals surface area contributed by atoms with Gasteiger partial charge in [0.25, 0.3) is 0 Å². The van der Waals surface area contributed by atoms with E-state index in [2.05, 4.69) is 15.4 Å². The van der Waals surface area contributed by atoms with Crippen LogP contribution >= 0.6 is 0 Å². The Morgan fingerprint density at radius 3 is 2.84 bits per heavy atom. The summed E-state index contributed by atoms with van der Waals surface area (Å²) >= 11 is 0. The molecule has 2 aliphatic heterocycles. The summed E-state index contributed by atoms with van der Waals surface area (Å²) in [5, 5.41) is 7.48. The fourth-order valence-electron chi connectivity index (χ4n) is 3.39. The van der Waals surface area contributed by atoms with Crippen LogP contribution in [-0.4, -0.2) is 58.0 Å². The number of hydrogen-bond acceptors (Lipinski definition) is 4. The molecule has 7 nitrogen and oxygen atoms in total. The highest BCUT2D eigenvalue weighted by Crippen LogP contribution is 2.27. The smallest absolute Gasteiger partial charge is 0.317 e. The Morgan fingerprint density at radius 2 is 2.12 bits per heavy atom. The summed E-state index contributed by atoms with van der Waals surface area (Å²) in [6, 6.07) is 9.93. The van der Waals surface area contributed by atoms with Crippen molar-refractivity contribution >= 4 is 6.03 Å². The molecule has 0 saturated carbocycles. The molecule has 0 bridgehead atoms. The second kappa shape index (κ2) is 6.84. The van der Waals surface area contributed by atoms with Gasteiger partial charge < -0.3 is 15.0 Å². The Labute approximate surface area is 147 Å². The lowest BCUT2D eigenvalue weighted by atomic mass is 10.00. The number of ether oxygens (including phenoxy) is 1. The van der Waals surface area contributed by atoms with Gasteiger partial charge in [0.2, 0.25) is 0 Å². The maximum Gasteiger partial charge on any atom is 0.317 e. The molecule has 132 valence electrons. The Hall–Kier alpha value is -2.41. The van der Waals surface area contributed by atoms with Crippen LogP contribution in [-0.2, 0) is 11.8 Å². The van der Waals surface area contributed by atoms with Crippen molar-refractivity contribution in [3.8, 4) is 11.4 Å². The standard InChI is InChI=1S/C18H23N5O2/c1-22-17(20-16(21-22)13-6-3-2-4-7-13)14-11-23(12-14)18(24)19-10-15-8-5-9-25-15/h2-4,6-7,14-15H,5,8-12H2,1H3,(H,19,24)/t15-/m1/s1. The average molecular weight is 341 g/mol. The monoisotopic (exact) mass is 341 g/mol. The zero-order valence-corrected chi connectivity index (χ0v) is 14.4. The molecule has 4 rings (SSSR count). The minimum absolute atomic E-state index is 0.0165. The number of urea groups is 1. The zero-order valence-electron chi connectivity index (χ0n) is 14.4. The topological polar surface area (TPSA) is 72.3 Å². The van der Waals surface area contributed by atoms with Crippen LogP contribution in [0.25, 0.3) is 11.4 Å². The fraction of sp³-hybridized carbons (Fsp3) is 0.500. The van der Waals surface area contributed by atoms with E-state index in [1.165, 1.54) is 0 Å². The number of amides is 2. The molecular formula is C18H23N5O2. The van der Waals surface area contributed by atoms with Crippen molar-refractivity contribution in [2.24, 2.45) is 7.05 Å². The molecule has 0 unspecified atom stereocenters. The summed E-state index contributed by atoms with van der Waals surface area (Å²) in [5.41, 5.74) is 1.01. The predicted octanol–water partition coefficient (Wildman–Crippen LogP) is 1.77. The second-order valence-electron chi connectivity index (χ2n) is 6.71. The Kier molecular flexibility index (Phi) is 4.40. The van der Waals surface area contributed by atoms with Crippen LogP contribution < -0.4 is 5.32 Å². The third kappa shape index (κ3) is 3.37. The fourth-order valence-corrected chi connectivity index (χ4v) is 3.39. The van der Waals surface area contributed by atoms with Crippen molar-refractivity contribution < 1.29 is 9.53 Å². The van der Waals surface area contributed by atoms with E-state index in [0.29, 0.717) is 19.6 Å². The largest absolute Gasteiger partial charge is 0.376 e. The molecule has 2 aromatic rings. The predicted molar refractivity (Wildman–Crippen MR) is 93.1 cm³/mol. The number of nitrogens with zero attached hydrogens (tertiary/aromatic N) is 4. The first-order valence-electron chi connectivity index (χ1n) is 8.81. The number of hydrogen-bond donors (Lipinski definition) is 1. The lowest BCUT2D eigenvalue weighted by Crippen LogP contribution is -2.54. The van der Waals surface area contributed by atoms with E-state index in [9.17, 15) is 4.79 Å². The molecule has 3 heterocycles. The van der Waals surface area contributed by atoms with E-state index in [1.54, 1.807) is 0 Å². The lowest BCUT2D eigenvalue weighted by molar-refractivity contribution is 0.104. The molecule has 0 spiro atoms. The van der Waals surface area contributed by atoms with Gasteiger partial charge in [-0.1, -0.05) is 30.3 Å². The summed E-state index contributed by atoms with van der Waals surface area (Å²) in [4.78, 5) is 18.7. The molecule has 2 saturated heterocycles. The first-order valence-corrected chi connectivity index (χ1v) is 8.81. The molecule has 1 aromatic carbocycles. The molecule has 2 amide bonds. The van der Waals surface area contributed by atoms with E-state index in [0.717, 1.165) is 36.7 Å². The molecule has 2 fully saturated rings. The summed E-state index contributed by atoms with van der Waals surface area (Å²) in [5.74, 6) is 1.91. The maximum atomic E-state index is 12.2. The van der Waals surface area contributed by atoms with Gasteiger partial charge in [-0.25, -0.2) is 9.78 Å². The SMILES string of the molecule is Cn1nc(-c2ccccc2)nc1C1CN(C(=O)NC[C@H]2CCCO2)C1. The van der Waals surface area contributed by atoms with Crippen LogP contribution in [0.2, 0.25) is 0 Å². The molecule has 0 aliphatic carbocycles. The average Bonchev–Trinajstić information content (AvgIpc) is 3.23. The highest BCUT2D eigenvalue weighted by molar-refractivity contribution is 5.75. The van der Waals surface area contributed by atoms with Gasteiger partial charge in [0.05, 0.1) is 12.0 Å². The summed E-state index contributed by atoms with van der Waals surface area (Å²) in [6.07, 6.45) is 2.29. The van der Waals surface area contributed by atoms with Crippen molar-refractivity contribution in [1.82, 2.24) is 25.0 Å². The number of carbonyl (C=O) groups is 1. The van der Waals surface area contributed by atoms with Gasteiger partial charge in [0.1, 0.15) is 5.82 Å². The van der Waals surface area contributed by atoms with E-state index in [1.807, 2.05) is 47.0 Å². The lowest BCUT2D eigenvalue weighted by Gasteiger charge is -2.38. The molecule has 1 aromatic heterocycles. The molecule has 25 heavy (non-hydrogen) atoms. The Bertz CT molecular complexity index is 733. The normalized spacial score (nSPS) is 20.5. The quantitative estimate of drug-likeness (QED) is 0.920. The number of likely N-dealkylation sites (tertiary alicyclic amines) is 1. The van der Waals surface area contributed by atoms with E-state index < -0.39 is 0 Å². The van der Waals surface area contributed by atoms with Gasteiger partial charge in [0.15, 0.2) is 5.82 Å². The zero-order chi connectivity index (χ0) is 17.2. The van der Waals surface area contributed by atoms with Crippen molar-refractivity contribution in [2.75, 3.05) is 26.2 Å². The van der Waals surface area contributed by atoms with Crippen LogP contribution in [0.4, 0.5) is 4.79 Å². The van der Waals surface area contributed by atoms with Gasteiger partial charge in [-0.15, -0.1) is 0 Å². The van der Waals surface area contributed by atoms with E-state index in [-0.39, 0.29) is 18.1 Å². The minimum Gasteiger partial charge on any atom is -0.376 e. The summed E-state index contributed by atoms with van der Waals surface area (Å²) < 4.78 is 7.36. The van der Waals surface area contributed by atoms with Crippen LogP contribution in [0.3, 0.4) is 0 Å². The number of carbonyl (C=O) groups excluding carboxylic acids is 1. The van der Waals surface area contributed by atoms with Gasteiger partial charge in [-0.3, -0.25) is 4.68 Å². The third-order valence-electron chi connectivity index (χ3n) is 4.87. The maximum absolute atomic E-state index is 12.2. The van der Waals surface area contributed by atoms with Crippen LogP contribution in [0, 0.1) is 0 Å². The van der Waals surface area contributed by atoms with Crippen LogP contribution in [0.1, 0.15) is 24.6 Å². The number of rotatable bonds is 4. The van der Waals surface area contributed by atoms with E-state index in [4.69, 9.17) is 4.74 Å². The molecule has 1 N–H and O–H groups in total. The number of aryl methyl sites for hydroxylation is 1. The molecular weight excluding hydrogens is 318 g/mol. The second-order valence-corrected chi connectivity index (χ2v) is 6.71. The van der Waals surface area contributed by atoms with Gasteiger partial charge in [-0.05, 0) is 12.8 Å². The Morgan fingerprint density at radius 1 is 1.32 bits per heavy atom. The van der Waals surface area contributed by atoms with E-state index >= 15 is 0 Å². The van der Waals surface area contributed by atoms with Gasteiger partial charge >= 0.3 is 6.03 Å². The first-order chi connectivity index (χ1) is 12.2. The molecule has 2 aliphatic rings. The van der Waals surface area contributed by atoms with Crippen LogP contribution in [0.5, 0.6) is 0 Å². The van der Waals surface area contributed by atoms with Crippen molar-refractivity contribution in [2.45, 2.75) is 24.9 Å². The van der Waals surface area contributed by atoms with Gasteiger partial charge in [-0.2, -0.15) is 5.10 Å². The number of aromatic nitrogens is 3. The number of benzene rings is 1. The van der Waals surface area contributed by atoms with Crippen molar-refractivity contribution in [3.63, 3.8) is 0 Å². The molecule has 1 atom stereocenters. The Balaban J connectivity index is 1.33. The highest BCUT2D eigenvalue weighted by atomic mass is 16.5. The van der Waals surface area contributed by atoms with Crippen molar-refractivity contribution in [3.05, 3.63) is 36.2 Å². The highest BCUT2D eigenvalue weighted by Gasteiger charge is 2.35. The third-order valence-corrected chi connectivity index (χ3v) is 4.87. The first kappa shape index (κ1) is 16.1. The van der Waals surface area contributed by atoms with Crippen molar-refractivity contribution in [1.29, 1.82) is 0 Å². The summed E-state index contributed by atoms with van der Waals surface area (Å²) in [7, 11) is 1.91. The number of nitrogens with one attached hydrogen (secondary N) is 1. The molecule has 0 radical (unpaired) electrons. The van der Waals surface area contributed by atoms with Gasteiger partial charge in [0, 0.05) is 38.9 Å². The minimum atomic E-state index is -0.0165.